The van der Waals surface area contributed by atoms with Gasteiger partial charge in [-0.3, -0.25) is 19.4 Å². The number of hydrogen-bond donors (Lipinski definition) is 0. The number of anilines is 1. The van der Waals surface area contributed by atoms with Crippen molar-refractivity contribution in [2.75, 3.05) is 45.3 Å². The Bertz CT molecular complexity index is 1270. The molecule has 1 unspecified atom stereocenters. The van der Waals surface area contributed by atoms with Crippen LogP contribution in [0.1, 0.15) is 57.7 Å². The molecule has 5 rings (SSSR count). The summed E-state index contributed by atoms with van der Waals surface area (Å²) in [6, 6.07) is 13.1. The van der Waals surface area contributed by atoms with E-state index < -0.39 is 0 Å². The number of benzene rings is 2. The van der Waals surface area contributed by atoms with Crippen LogP contribution in [0.3, 0.4) is 0 Å². The summed E-state index contributed by atoms with van der Waals surface area (Å²) >= 11 is 1.72. The molecule has 1 atom stereocenters. The summed E-state index contributed by atoms with van der Waals surface area (Å²) in [5.41, 5.74) is 4.08. The number of nitrogens with zero attached hydrogens (tertiary/aromatic N) is 3. The number of amides is 2. The van der Waals surface area contributed by atoms with Gasteiger partial charge in [-0.2, -0.15) is 11.3 Å². The molecule has 2 aliphatic heterocycles. The molecule has 3 aromatic rings. The van der Waals surface area contributed by atoms with Gasteiger partial charge in [-0.1, -0.05) is 25.5 Å². The van der Waals surface area contributed by atoms with Crippen molar-refractivity contribution >= 4 is 28.8 Å². The fraction of sp³-hybridized carbons (Fsp3) is 0.379. The van der Waals surface area contributed by atoms with Crippen molar-refractivity contribution in [2.24, 2.45) is 0 Å². The average molecular weight is 520 g/mol. The van der Waals surface area contributed by atoms with Crippen LogP contribution in [0, 0.1) is 0 Å². The van der Waals surface area contributed by atoms with E-state index in [4.69, 9.17) is 9.47 Å². The highest BCUT2D eigenvalue weighted by atomic mass is 32.1. The quantitative estimate of drug-likeness (QED) is 0.361. The smallest absolute Gasteiger partial charge is 0.264 e. The molecule has 2 aliphatic rings. The normalized spacial score (nSPS) is 16.7. The van der Waals surface area contributed by atoms with Crippen LogP contribution in [0.4, 0.5) is 5.69 Å². The van der Waals surface area contributed by atoms with Crippen LogP contribution in [0.2, 0.25) is 0 Å². The van der Waals surface area contributed by atoms with Crippen molar-refractivity contribution in [3.05, 3.63) is 75.5 Å². The summed E-state index contributed by atoms with van der Waals surface area (Å²) in [5.74, 6) is 0.749. The zero-order valence-corrected chi connectivity index (χ0v) is 22.4. The van der Waals surface area contributed by atoms with E-state index in [1.807, 2.05) is 30.3 Å². The first-order valence-electron chi connectivity index (χ1n) is 12.8. The molecule has 0 aliphatic carbocycles. The van der Waals surface area contributed by atoms with Gasteiger partial charge in [0, 0.05) is 32.7 Å². The van der Waals surface area contributed by atoms with Crippen LogP contribution < -0.4 is 14.4 Å². The van der Waals surface area contributed by atoms with E-state index in [1.165, 1.54) is 10.5 Å². The Morgan fingerprint density at radius 1 is 0.946 bits per heavy atom. The third kappa shape index (κ3) is 4.83. The predicted molar refractivity (Wildman–Crippen MR) is 146 cm³/mol. The number of imide groups is 1. The second kappa shape index (κ2) is 10.9. The zero-order valence-electron chi connectivity index (χ0n) is 21.6. The van der Waals surface area contributed by atoms with Crippen molar-refractivity contribution in [3.8, 4) is 11.5 Å². The number of carbonyl (C=O) groups is 2. The number of thiophene rings is 1. The summed E-state index contributed by atoms with van der Waals surface area (Å²) in [5, 5.41) is 4.31. The van der Waals surface area contributed by atoms with Gasteiger partial charge < -0.3 is 14.4 Å². The van der Waals surface area contributed by atoms with Crippen molar-refractivity contribution in [1.82, 2.24) is 9.80 Å². The van der Waals surface area contributed by atoms with Crippen LogP contribution in [-0.2, 0) is 6.54 Å². The second-order valence-electron chi connectivity index (χ2n) is 9.49. The SMILES string of the molecule is CCCC(c1ccc(OC)c(OC)c1)N1C(=O)c2cccc(N3CCN(Cc4ccsc4)CC3)c2C1=O. The van der Waals surface area contributed by atoms with Gasteiger partial charge in [0.2, 0.25) is 0 Å². The fourth-order valence-corrected chi connectivity index (χ4v) is 6.06. The number of piperazine rings is 1. The lowest BCUT2D eigenvalue weighted by molar-refractivity contribution is 0.0573. The number of methoxy groups -OCH3 is 2. The first-order valence-corrected chi connectivity index (χ1v) is 13.7. The van der Waals surface area contributed by atoms with E-state index in [0.29, 0.717) is 29.0 Å². The Kier molecular flexibility index (Phi) is 7.48. The number of hydrogen-bond acceptors (Lipinski definition) is 7. The molecule has 0 bridgehead atoms. The number of rotatable bonds is 9. The van der Waals surface area contributed by atoms with Gasteiger partial charge in [0.25, 0.3) is 11.8 Å². The standard InChI is InChI=1S/C29H33N3O4S/c1-4-6-23(21-9-10-25(35-2)26(17-21)36-3)32-28(33)22-7-5-8-24(27(22)29(32)34)31-14-12-30(13-15-31)18-20-11-16-37-19-20/h5,7-11,16-17,19,23H,4,6,12-15,18H2,1-3H3. The maximum atomic E-state index is 13.9. The lowest BCUT2D eigenvalue weighted by atomic mass is 10.00. The van der Waals surface area contributed by atoms with E-state index in [2.05, 4.69) is 33.6 Å². The highest BCUT2D eigenvalue weighted by molar-refractivity contribution is 7.07. The van der Waals surface area contributed by atoms with Crippen LogP contribution in [0.15, 0.2) is 53.2 Å². The van der Waals surface area contributed by atoms with Gasteiger partial charge in [0.15, 0.2) is 11.5 Å². The van der Waals surface area contributed by atoms with Crippen LogP contribution in [-0.4, -0.2) is 62.0 Å². The third-order valence-corrected chi connectivity index (χ3v) is 8.02. The van der Waals surface area contributed by atoms with Crippen molar-refractivity contribution in [1.29, 1.82) is 0 Å². The van der Waals surface area contributed by atoms with E-state index in [-0.39, 0.29) is 17.9 Å². The summed E-state index contributed by atoms with van der Waals surface area (Å²) in [4.78, 5) is 33.7. The van der Waals surface area contributed by atoms with Crippen molar-refractivity contribution < 1.29 is 19.1 Å². The second-order valence-corrected chi connectivity index (χ2v) is 10.3. The van der Waals surface area contributed by atoms with Crippen LogP contribution >= 0.6 is 11.3 Å². The first kappa shape index (κ1) is 25.3. The molecule has 7 nitrogen and oxygen atoms in total. The molecule has 2 amide bonds. The molecule has 2 aromatic carbocycles. The number of ether oxygens (including phenoxy) is 2. The monoisotopic (exact) mass is 519 g/mol. The summed E-state index contributed by atoms with van der Waals surface area (Å²) < 4.78 is 10.9. The van der Waals surface area contributed by atoms with Crippen LogP contribution in [0.25, 0.3) is 0 Å². The Morgan fingerprint density at radius 3 is 2.41 bits per heavy atom. The van der Waals surface area contributed by atoms with Gasteiger partial charge in [-0.05, 0) is 58.6 Å². The minimum Gasteiger partial charge on any atom is -0.493 e. The molecular weight excluding hydrogens is 486 g/mol. The number of carbonyl (C=O) groups excluding carboxylic acids is 2. The topological polar surface area (TPSA) is 62.3 Å². The molecule has 1 aromatic heterocycles. The zero-order chi connectivity index (χ0) is 25.9. The van der Waals surface area contributed by atoms with Crippen LogP contribution in [0.5, 0.6) is 11.5 Å². The molecule has 3 heterocycles. The van der Waals surface area contributed by atoms with Gasteiger partial charge in [-0.25, -0.2) is 0 Å². The van der Waals surface area contributed by atoms with Gasteiger partial charge in [0.05, 0.1) is 37.1 Å². The number of fused-ring (bicyclic) bond motifs is 1. The molecular formula is C29H33N3O4S. The first-order chi connectivity index (χ1) is 18.0. The maximum Gasteiger partial charge on any atom is 0.264 e. The molecule has 0 radical (unpaired) electrons. The minimum atomic E-state index is -0.382. The molecule has 194 valence electrons. The van der Waals surface area contributed by atoms with Crippen molar-refractivity contribution in [2.45, 2.75) is 32.4 Å². The highest BCUT2D eigenvalue weighted by Gasteiger charge is 2.42. The lowest BCUT2D eigenvalue weighted by Gasteiger charge is -2.36. The van der Waals surface area contributed by atoms with Gasteiger partial charge in [0.1, 0.15) is 0 Å². The van der Waals surface area contributed by atoms with E-state index in [1.54, 1.807) is 31.6 Å². The Labute approximate surface area is 222 Å². The molecule has 8 heteroatoms. The van der Waals surface area contributed by atoms with Gasteiger partial charge >= 0.3 is 0 Å². The Morgan fingerprint density at radius 2 is 1.73 bits per heavy atom. The van der Waals surface area contributed by atoms with Gasteiger partial charge in [-0.15, -0.1) is 0 Å². The molecule has 37 heavy (non-hydrogen) atoms. The highest BCUT2D eigenvalue weighted by Crippen LogP contribution is 2.40. The average Bonchev–Trinajstić information content (AvgIpc) is 3.53. The lowest BCUT2D eigenvalue weighted by Crippen LogP contribution is -2.46. The summed E-state index contributed by atoms with van der Waals surface area (Å²) in [7, 11) is 3.18. The molecule has 0 saturated carbocycles. The Balaban J connectivity index is 1.40. The van der Waals surface area contributed by atoms with Crippen molar-refractivity contribution in [3.63, 3.8) is 0 Å². The Hall–Kier alpha value is -3.36. The third-order valence-electron chi connectivity index (χ3n) is 7.29. The molecule has 0 N–H and O–H groups in total. The fourth-order valence-electron chi connectivity index (χ4n) is 5.40. The van der Waals surface area contributed by atoms with E-state index >= 15 is 0 Å². The largest absolute Gasteiger partial charge is 0.493 e. The predicted octanol–water partition coefficient (Wildman–Crippen LogP) is 5.22. The van der Waals surface area contributed by atoms with E-state index in [0.717, 1.165) is 50.4 Å². The molecule has 1 saturated heterocycles. The van der Waals surface area contributed by atoms with E-state index in [9.17, 15) is 9.59 Å². The summed E-state index contributed by atoms with van der Waals surface area (Å²) in [6.07, 6.45) is 1.49. The maximum absolute atomic E-state index is 13.9. The molecule has 1 fully saturated rings. The summed E-state index contributed by atoms with van der Waals surface area (Å²) in [6.45, 7) is 6.46. The molecule has 0 spiro atoms. The minimum absolute atomic E-state index is 0.218.